The van der Waals surface area contributed by atoms with E-state index in [1.165, 1.54) is 0 Å². The average Bonchev–Trinajstić information content (AvgIpc) is 2.94. The maximum absolute atomic E-state index is 12.6. The third-order valence-electron chi connectivity index (χ3n) is 4.35. The Morgan fingerprint density at radius 3 is 2.30 bits per heavy atom. The highest BCUT2D eigenvalue weighted by molar-refractivity contribution is 6.33. The molecule has 0 bridgehead atoms. The molecule has 0 atom stereocenters. The first-order chi connectivity index (χ1) is 14.2. The largest absolute Gasteiger partial charge is 0.417 e. The fourth-order valence-electron chi connectivity index (χ4n) is 2.85. The summed E-state index contributed by atoms with van der Waals surface area (Å²) in [5.41, 5.74) is -0.333. The van der Waals surface area contributed by atoms with Crippen LogP contribution in [-0.2, 0) is 11.0 Å². The van der Waals surface area contributed by atoms with E-state index in [0.717, 1.165) is 11.0 Å². The number of alkyl halides is 3. The van der Waals surface area contributed by atoms with Gasteiger partial charge in [0, 0.05) is 32.3 Å². The third kappa shape index (κ3) is 4.70. The van der Waals surface area contributed by atoms with Crippen molar-refractivity contribution in [2.24, 2.45) is 0 Å². The molecule has 7 nitrogen and oxygen atoms in total. The van der Waals surface area contributed by atoms with E-state index in [1.54, 1.807) is 24.3 Å². The van der Waals surface area contributed by atoms with Crippen LogP contribution >= 0.6 is 11.6 Å². The Kier molecular flexibility index (Phi) is 6.25. The molecule has 0 spiro atoms. The molecule has 30 heavy (non-hydrogen) atoms. The van der Waals surface area contributed by atoms with Crippen LogP contribution in [0, 0.1) is 0 Å². The first-order valence-corrected chi connectivity index (χ1v) is 9.25. The molecule has 2 N–H and O–H groups in total. The molecular weight excluding hydrogens is 425 g/mol. The van der Waals surface area contributed by atoms with Crippen LogP contribution in [0.25, 0.3) is 0 Å². The molecule has 11 heteroatoms. The van der Waals surface area contributed by atoms with Gasteiger partial charge in [0.05, 0.1) is 21.7 Å². The number of nitrogens with zero attached hydrogens (tertiary/aromatic N) is 2. The summed E-state index contributed by atoms with van der Waals surface area (Å²) in [7, 11) is 0. The van der Waals surface area contributed by atoms with Crippen molar-refractivity contribution in [3.05, 3.63) is 58.2 Å². The number of aromatic nitrogens is 1. The molecule has 0 saturated carbocycles. The maximum Gasteiger partial charge on any atom is 0.417 e. The summed E-state index contributed by atoms with van der Waals surface area (Å²) < 4.78 is 37.8. The van der Waals surface area contributed by atoms with Crippen molar-refractivity contribution >= 4 is 35.1 Å². The van der Waals surface area contributed by atoms with Gasteiger partial charge in [0.1, 0.15) is 5.82 Å². The molecule has 0 saturated heterocycles. The van der Waals surface area contributed by atoms with Gasteiger partial charge in [0.15, 0.2) is 0 Å². The molecule has 1 aromatic carbocycles. The van der Waals surface area contributed by atoms with E-state index >= 15 is 0 Å². The van der Waals surface area contributed by atoms with Crippen molar-refractivity contribution in [2.45, 2.75) is 12.6 Å². The summed E-state index contributed by atoms with van der Waals surface area (Å²) in [4.78, 5) is 41.1. The highest BCUT2D eigenvalue weighted by atomic mass is 35.5. The van der Waals surface area contributed by atoms with E-state index < -0.39 is 23.6 Å². The van der Waals surface area contributed by atoms with E-state index in [1.807, 2.05) is 0 Å². The zero-order valence-electron chi connectivity index (χ0n) is 15.4. The van der Waals surface area contributed by atoms with Crippen molar-refractivity contribution in [1.82, 2.24) is 15.2 Å². The Balaban J connectivity index is 1.42. The van der Waals surface area contributed by atoms with Crippen LogP contribution in [0.3, 0.4) is 0 Å². The molecule has 0 aliphatic carbocycles. The van der Waals surface area contributed by atoms with E-state index in [2.05, 4.69) is 15.6 Å². The number of pyridine rings is 1. The number of amides is 3. The third-order valence-corrected chi connectivity index (χ3v) is 4.64. The molecule has 0 radical (unpaired) electrons. The van der Waals surface area contributed by atoms with Crippen molar-refractivity contribution in [3.63, 3.8) is 0 Å². The van der Waals surface area contributed by atoms with E-state index in [9.17, 15) is 27.6 Å². The highest BCUT2D eigenvalue weighted by Crippen LogP contribution is 2.32. The Labute approximate surface area is 174 Å². The Morgan fingerprint density at radius 1 is 1.10 bits per heavy atom. The van der Waals surface area contributed by atoms with Gasteiger partial charge in [-0.2, -0.15) is 13.2 Å². The summed E-state index contributed by atoms with van der Waals surface area (Å²) in [5.74, 6) is -1.20. The Bertz CT molecular complexity index is 962. The van der Waals surface area contributed by atoms with Gasteiger partial charge in [-0.1, -0.05) is 23.7 Å². The predicted molar refractivity (Wildman–Crippen MR) is 102 cm³/mol. The zero-order chi connectivity index (χ0) is 21.9. The van der Waals surface area contributed by atoms with Gasteiger partial charge in [-0.25, -0.2) is 4.98 Å². The zero-order valence-corrected chi connectivity index (χ0v) is 16.2. The molecule has 3 amide bonds. The predicted octanol–water partition coefficient (Wildman–Crippen LogP) is 2.97. The Morgan fingerprint density at radius 2 is 1.73 bits per heavy atom. The lowest BCUT2D eigenvalue weighted by atomic mass is 10.1. The summed E-state index contributed by atoms with van der Waals surface area (Å²) in [6.45, 7) is 0.245. The second-order valence-corrected chi connectivity index (χ2v) is 6.79. The monoisotopic (exact) mass is 440 g/mol. The summed E-state index contributed by atoms with van der Waals surface area (Å²) in [6, 6.07) is 7.19. The SMILES string of the molecule is O=C(CCN1C(=O)c2ccccc2C1=O)NCCNc1ncc(C(F)(F)F)cc1Cl. The number of anilines is 1. The van der Waals surface area contributed by atoms with Crippen LogP contribution in [0.15, 0.2) is 36.5 Å². The van der Waals surface area contributed by atoms with Crippen molar-refractivity contribution in [3.8, 4) is 0 Å². The number of rotatable bonds is 7. The van der Waals surface area contributed by atoms with Gasteiger partial charge in [-0.3, -0.25) is 19.3 Å². The normalized spacial score (nSPS) is 13.4. The van der Waals surface area contributed by atoms with Gasteiger partial charge < -0.3 is 10.6 Å². The summed E-state index contributed by atoms with van der Waals surface area (Å²) in [5, 5.41) is 5.11. The van der Waals surface area contributed by atoms with Crippen molar-refractivity contribution < 1.29 is 27.6 Å². The van der Waals surface area contributed by atoms with Crippen LogP contribution in [0.1, 0.15) is 32.7 Å². The molecule has 1 aliphatic heterocycles. The smallest absolute Gasteiger partial charge is 0.367 e. The molecule has 1 aromatic heterocycles. The number of imide groups is 1. The topological polar surface area (TPSA) is 91.4 Å². The quantitative estimate of drug-likeness (QED) is 0.510. The van der Waals surface area contributed by atoms with E-state index in [4.69, 9.17) is 11.6 Å². The van der Waals surface area contributed by atoms with Crippen LogP contribution in [0.5, 0.6) is 0 Å². The minimum atomic E-state index is -4.54. The number of carbonyl (C=O) groups excluding carboxylic acids is 3. The fourth-order valence-corrected chi connectivity index (χ4v) is 3.08. The minimum Gasteiger partial charge on any atom is -0.367 e. The average molecular weight is 441 g/mol. The second kappa shape index (κ2) is 8.70. The van der Waals surface area contributed by atoms with Crippen LogP contribution in [0.2, 0.25) is 5.02 Å². The van der Waals surface area contributed by atoms with Crippen molar-refractivity contribution in [2.75, 3.05) is 25.0 Å². The second-order valence-electron chi connectivity index (χ2n) is 6.39. The van der Waals surface area contributed by atoms with Crippen LogP contribution < -0.4 is 10.6 Å². The number of nitrogens with one attached hydrogen (secondary N) is 2. The van der Waals surface area contributed by atoms with Gasteiger partial charge in [-0.05, 0) is 18.2 Å². The van der Waals surface area contributed by atoms with Gasteiger partial charge >= 0.3 is 6.18 Å². The van der Waals surface area contributed by atoms with Gasteiger partial charge in [-0.15, -0.1) is 0 Å². The lowest BCUT2D eigenvalue weighted by Crippen LogP contribution is -2.35. The van der Waals surface area contributed by atoms with Crippen molar-refractivity contribution in [1.29, 1.82) is 0 Å². The number of carbonyl (C=O) groups is 3. The molecule has 2 aromatic rings. The molecule has 1 aliphatic rings. The van der Waals surface area contributed by atoms with Crippen LogP contribution in [0.4, 0.5) is 19.0 Å². The fraction of sp³-hybridized carbons (Fsp3) is 0.263. The molecule has 0 unspecified atom stereocenters. The van der Waals surface area contributed by atoms with E-state index in [0.29, 0.717) is 17.3 Å². The number of hydrogen-bond acceptors (Lipinski definition) is 5. The maximum atomic E-state index is 12.6. The number of hydrogen-bond donors (Lipinski definition) is 2. The lowest BCUT2D eigenvalue weighted by Gasteiger charge is -2.14. The first kappa shape index (κ1) is 21.6. The minimum absolute atomic E-state index is 0.0576. The summed E-state index contributed by atoms with van der Waals surface area (Å²) >= 11 is 5.78. The first-order valence-electron chi connectivity index (χ1n) is 8.87. The van der Waals surface area contributed by atoms with Gasteiger partial charge in [0.2, 0.25) is 5.91 Å². The van der Waals surface area contributed by atoms with Crippen LogP contribution in [-0.4, -0.2) is 47.2 Å². The molecular formula is C19H16ClF3N4O3. The van der Waals surface area contributed by atoms with Gasteiger partial charge in [0.25, 0.3) is 11.8 Å². The van der Waals surface area contributed by atoms with E-state index in [-0.39, 0.29) is 42.8 Å². The molecule has 3 rings (SSSR count). The lowest BCUT2D eigenvalue weighted by molar-refractivity contribution is -0.137. The number of benzene rings is 1. The highest BCUT2D eigenvalue weighted by Gasteiger charge is 2.35. The molecule has 0 fully saturated rings. The number of fused-ring (bicyclic) bond motifs is 1. The molecule has 2 heterocycles. The molecule has 158 valence electrons. The summed E-state index contributed by atoms with van der Waals surface area (Å²) in [6.07, 6.45) is -3.96. The standard InChI is InChI=1S/C19H16ClF3N4O3/c20-14-9-11(19(21,22)23)10-26-16(14)25-7-6-24-15(28)5-8-27-17(29)12-3-1-2-4-13(12)18(27)30/h1-4,9-10H,5-8H2,(H,24,28)(H,25,26). The Hall–Kier alpha value is -3.14. The number of halogens is 4.